The van der Waals surface area contributed by atoms with Crippen molar-refractivity contribution in [1.82, 2.24) is 9.47 Å². The van der Waals surface area contributed by atoms with Gasteiger partial charge < -0.3 is 14.6 Å². The van der Waals surface area contributed by atoms with Crippen LogP contribution >= 0.6 is 11.3 Å². The van der Waals surface area contributed by atoms with Crippen molar-refractivity contribution in [3.05, 3.63) is 59.2 Å². The molecule has 2 fully saturated rings. The third-order valence-electron chi connectivity index (χ3n) is 7.86. The maximum atomic E-state index is 13.5. The number of aliphatic hydroxyl groups is 1. The van der Waals surface area contributed by atoms with E-state index in [2.05, 4.69) is 54.8 Å². The normalized spacial score (nSPS) is 18.6. The molecule has 2 aromatic carbocycles. The molecule has 1 amide bonds. The number of carbonyl (C=O) groups excluding carboxylic acids is 1. The molecule has 1 saturated heterocycles. The maximum Gasteiger partial charge on any atom is 0.253 e. The summed E-state index contributed by atoms with van der Waals surface area (Å²) in [6.07, 6.45) is 5.47. The standard InChI is InChI=1S/C30H34N2O2S/c1-19-6-5-12-31(17-19)30(34)24-14-23(11-13-33)28-20(2)29(35-27(28)16-24)26-15-22-7-3-4-8-25(22)32(26)18-21-9-10-21/h3-4,7-8,14-16,19,21,33H,5-6,9-13,17-18H2,1-2H3/t19-/m1/s1. The summed E-state index contributed by atoms with van der Waals surface area (Å²) in [6.45, 7) is 7.27. The Bertz CT molecular complexity index is 1410. The molecule has 1 N–H and O–H groups in total. The van der Waals surface area contributed by atoms with Crippen molar-refractivity contribution in [2.45, 2.75) is 52.5 Å². The first-order chi connectivity index (χ1) is 17.0. The van der Waals surface area contributed by atoms with E-state index < -0.39 is 0 Å². The molecule has 1 atom stereocenters. The summed E-state index contributed by atoms with van der Waals surface area (Å²) in [6, 6.07) is 15.2. The Morgan fingerprint density at radius 3 is 2.74 bits per heavy atom. The van der Waals surface area contributed by atoms with Crippen LogP contribution in [0.5, 0.6) is 0 Å². The van der Waals surface area contributed by atoms with Gasteiger partial charge in [0.25, 0.3) is 5.91 Å². The summed E-state index contributed by atoms with van der Waals surface area (Å²) in [5.41, 5.74) is 5.70. The van der Waals surface area contributed by atoms with Gasteiger partial charge in [-0.05, 0) is 91.6 Å². The predicted octanol–water partition coefficient (Wildman–Crippen LogP) is 6.65. The monoisotopic (exact) mass is 486 g/mol. The van der Waals surface area contributed by atoms with Crippen molar-refractivity contribution in [2.75, 3.05) is 19.7 Å². The average Bonchev–Trinajstić information content (AvgIpc) is 3.52. The fourth-order valence-corrected chi connectivity index (χ4v) is 7.20. The number of fused-ring (bicyclic) bond motifs is 2. The zero-order valence-electron chi connectivity index (χ0n) is 20.7. The van der Waals surface area contributed by atoms with Gasteiger partial charge in [-0.1, -0.05) is 25.1 Å². The largest absolute Gasteiger partial charge is 0.396 e. The van der Waals surface area contributed by atoms with Crippen LogP contribution in [0.3, 0.4) is 0 Å². The molecular weight excluding hydrogens is 452 g/mol. The predicted molar refractivity (Wildman–Crippen MR) is 145 cm³/mol. The molecule has 3 heterocycles. The van der Waals surface area contributed by atoms with E-state index in [0.717, 1.165) is 47.8 Å². The van der Waals surface area contributed by atoms with E-state index in [1.807, 2.05) is 11.0 Å². The molecule has 4 nitrogen and oxygen atoms in total. The number of piperidine rings is 1. The van der Waals surface area contributed by atoms with Gasteiger partial charge in [-0.15, -0.1) is 11.3 Å². The number of hydrogen-bond donors (Lipinski definition) is 1. The Hall–Kier alpha value is -2.63. The van der Waals surface area contributed by atoms with Crippen molar-refractivity contribution in [3.63, 3.8) is 0 Å². The number of likely N-dealkylation sites (tertiary alicyclic amines) is 1. The summed E-state index contributed by atoms with van der Waals surface area (Å²) >= 11 is 1.80. The van der Waals surface area contributed by atoms with Crippen LogP contribution in [0.2, 0.25) is 0 Å². The fourth-order valence-electron chi connectivity index (χ4n) is 5.88. The highest BCUT2D eigenvalue weighted by Crippen LogP contribution is 2.44. The van der Waals surface area contributed by atoms with Crippen LogP contribution in [-0.2, 0) is 13.0 Å². The molecule has 1 aliphatic heterocycles. The summed E-state index contributed by atoms with van der Waals surface area (Å²) in [5.74, 6) is 1.46. The van der Waals surface area contributed by atoms with E-state index in [-0.39, 0.29) is 12.5 Å². The summed E-state index contributed by atoms with van der Waals surface area (Å²) in [4.78, 5) is 16.8. The molecule has 0 radical (unpaired) electrons. The second-order valence-corrected chi connectivity index (χ2v) is 11.7. The zero-order chi connectivity index (χ0) is 24.1. The number of carbonyl (C=O) groups is 1. The van der Waals surface area contributed by atoms with Gasteiger partial charge in [-0.25, -0.2) is 0 Å². The number of para-hydroxylation sites is 1. The number of thiophene rings is 1. The molecule has 2 aromatic heterocycles. The Morgan fingerprint density at radius 2 is 1.97 bits per heavy atom. The van der Waals surface area contributed by atoms with Crippen molar-refractivity contribution >= 4 is 38.2 Å². The van der Waals surface area contributed by atoms with E-state index in [4.69, 9.17) is 0 Å². The molecule has 4 aromatic rings. The van der Waals surface area contributed by atoms with E-state index in [1.54, 1.807) is 11.3 Å². The van der Waals surface area contributed by atoms with E-state index in [9.17, 15) is 9.90 Å². The first-order valence-electron chi connectivity index (χ1n) is 13.1. The lowest BCUT2D eigenvalue weighted by atomic mass is 9.97. The highest BCUT2D eigenvalue weighted by molar-refractivity contribution is 7.22. The molecule has 182 valence electrons. The summed E-state index contributed by atoms with van der Waals surface area (Å²) < 4.78 is 3.66. The van der Waals surface area contributed by atoms with Crippen LogP contribution in [0.4, 0.5) is 0 Å². The van der Waals surface area contributed by atoms with Crippen LogP contribution in [0.25, 0.3) is 31.6 Å². The quantitative estimate of drug-likeness (QED) is 0.332. The van der Waals surface area contributed by atoms with Crippen LogP contribution < -0.4 is 0 Å². The lowest BCUT2D eigenvalue weighted by molar-refractivity contribution is 0.0683. The minimum atomic E-state index is 0.0834. The second-order valence-electron chi connectivity index (χ2n) is 10.7. The number of aromatic nitrogens is 1. The molecule has 1 saturated carbocycles. The lowest BCUT2D eigenvalue weighted by Crippen LogP contribution is -2.39. The Morgan fingerprint density at radius 1 is 1.14 bits per heavy atom. The van der Waals surface area contributed by atoms with Gasteiger partial charge in [0.2, 0.25) is 0 Å². The van der Waals surface area contributed by atoms with Gasteiger partial charge in [0.05, 0.1) is 10.6 Å². The first kappa shape index (κ1) is 22.8. The number of benzene rings is 2. The van der Waals surface area contributed by atoms with Crippen molar-refractivity contribution in [3.8, 4) is 10.6 Å². The summed E-state index contributed by atoms with van der Waals surface area (Å²) in [7, 11) is 0. The number of amides is 1. The molecule has 6 rings (SSSR count). The first-order valence-corrected chi connectivity index (χ1v) is 13.9. The SMILES string of the molecule is Cc1c(-c2cc3ccccc3n2CC2CC2)sc2cc(C(=O)N3CCC[C@@H](C)C3)cc(CCO)c12. The maximum absolute atomic E-state index is 13.5. The average molecular weight is 487 g/mol. The molecule has 35 heavy (non-hydrogen) atoms. The third-order valence-corrected chi connectivity index (χ3v) is 9.13. The van der Waals surface area contributed by atoms with Crippen LogP contribution in [0.1, 0.15) is 54.1 Å². The minimum Gasteiger partial charge on any atom is -0.396 e. The second kappa shape index (κ2) is 9.11. The van der Waals surface area contributed by atoms with Gasteiger partial charge in [0.1, 0.15) is 0 Å². The molecule has 0 spiro atoms. The van der Waals surface area contributed by atoms with Gasteiger partial charge in [0, 0.05) is 47.4 Å². The number of rotatable bonds is 6. The van der Waals surface area contributed by atoms with E-state index in [0.29, 0.717) is 12.3 Å². The van der Waals surface area contributed by atoms with E-state index >= 15 is 0 Å². The lowest BCUT2D eigenvalue weighted by Gasteiger charge is -2.31. The number of aryl methyl sites for hydroxylation is 1. The summed E-state index contributed by atoms with van der Waals surface area (Å²) in [5, 5.41) is 12.4. The number of hydrogen-bond acceptors (Lipinski definition) is 3. The third kappa shape index (κ3) is 4.19. The topological polar surface area (TPSA) is 45.5 Å². The molecule has 2 aliphatic rings. The number of aliphatic hydroxyl groups excluding tert-OH is 1. The molecule has 5 heteroatoms. The number of nitrogens with zero attached hydrogens (tertiary/aromatic N) is 2. The van der Waals surface area contributed by atoms with Crippen LogP contribution in [0, 0.1) is 18.8 Å². The van der Waals surface area contributed by atoms with E-state index in [1.165, 1.54) is 51.7 Å². The minimum absolute atomic E-state index is 0.0834. The Labute approximate surface area is 211 Å². The molecule has 1 aliphatic carbocycles. The smallest absolute Gasteiger partial charge is 0.253 e. The zero-order valence-corrected chi connectivity index (χ0v) is 21.5. The van der Waals surface area contributed by atoms with Gasteiger partial charge >= 0.3 is 0 Å². The molecule has 0 bridgehead atoms. The Balaban J connectivity index is 1.48. The van der Waals surface area contributed by atoms with Crippen molar-refractivity contribution in [2.24, 2.45) is 11.8 Å². The van der Waals surface area contributed by atoms with Crippen molar-refractivity contribution in [1.29, 1.82) is 0 Å². The molecule has 0 unspecified atom stereocenters. The van der Waals surface area contributed by atoms with Crippen LogP contribution in [0.15, 0.2) is 42.5 Å². The highest BCUT2D eigenvalue weighted by Gasteiger charge is 2.27. The molecular formula is C30H34N2O2S. The van der Waals surface area contributed by atoms with Crippen LogP contribution in [-0.4, -0.2) is 40.2 Å². The van der Waals surface area contributed by atoms with Gasteiger partial charge in [-0.2, -0.15) is 0 Å². The Kier molecular flexibility index (Phi) is 5.93. The van der Waals surface area contributed by atoms with Crippen molar-refractivity contribution < 1.29 is 9.90 Å². The fraction of sp³-hybridized carbons (Fsp3) is 0.433. The van der Waals surface area contributed by atoms with Gasteiger partial charge in [0.15, 0.2) is 0 Å². The van der Waals surface area contributed by atoms with Gasteiger partial charge in [-0.3, -0.25) is 4.79 Å². The highest BCUT2D eigenvalue weighted by atomic mass is 32.1.